The standard InChI is InChI=1S/C6H8O2.C5H6O3/c1-4(7)5-2-6(8)3-5;6-4-1-3(2-4)5(7)8/h5H,2-3H2,1H3;3H,1-2H2,(H,7,8). The maximum absolute atomic E-state index is 10.4. The van der Waals surface area contributed by atoms with Crippen molar-refractivity contribution < 1.29 is 24.3 Å². The number of carboxylic acids is 1. The second-order valence-corrected chi connectivity index (χ2v) is 4.24. The summed E-state index contributed by atoms with van der Waals surface area (Å²) in [6.45, 7) is 1.54. The van der Waals surface area contributed by atoms with Gasteiger partial charge in [-0.2, -0.15) is 0 Å². The Morgan fingerprint density at radius 2 is 1.38 bits per heavy atom. The fourth-order valence-electron chi connectivity index (χ4n) is 1.44. The summed E-state index contributed by atoms with van der Waals surface area (Å²) in [4.78, 5) is 40.8. The minimum absolute atomic E-state index is 0.0670. The number of aliphatic carboxylic acids is 1. The van der Waals surface area contributed by atoms with Gasteiger partial charge in [0.25, 0.3) is 0 Å². The predicted octanol–water partition coefficient (Wildman–Crippen LogP) is 0.605. The zero-order valence-corrected chi connectivity index (χ0v) is 9.06. The van der Waals surface area contributed by atoms with Crippen molar-refractivity contribution in [1.82, 2.24) is 0 Å². The van der Waals surface area contributed by atoms with Gasteiger partial charge < -0.3 is 5.11 Å². The van der Waals surface area contributed by atoms with E-state index in [1.165, 1.54) is 6.92 Å². The molecule has 0 heterocycles. The van der Waals surface area contributed by atoms with Gasteiger partial charge in [0.15, 0.2) is 0 Å². The summed E-state index contributed by atoms with van der Waals surface area (Å²) >= 11 is 0. The summed E-state index contributed by atoms with van der Waals surface area (Å²) in [5.74, 6) is -0.693. The number of rotatable bonds is 2. The van der Waals surface area contributed by atoms with Crippen LogP contribution in [0, 0.1) is 11.8 Å². The van der Waals surface area contributed by atoms with Crippen LogP contribution < -0.4 is 0 Å². The molecule has 0 atom stereocenters. The van der Waals surface area contributed by atoms with Crippen LogP contribution in [-0.4, -0.2) is 28.4 Å². The van der Waals surface area contributed by atoms with E-state index in [-0.39, 0.29) is 42.0 Å². The Balaban J connectivity index is 0.000000160. The molecule has 2 rings (SSSR count). The molecule has 1 N–H and O–H groups in total. The fraction of sp³-hybridized carbons (Fsp3) is 0.636. The Bertz CT molecular complexity index is 294. The highest BCUT2D eigenvalue weighted by Crippen LogP contribution is 2.23. The summed E-state index contributed by atoms with van der Waals surface area (Å²) in [5.41, 5.74) is 0. The van der Waals surface area contributed by atoms with Gasteiger partial charge in [0.2, 0.25) is 0 Å². The molecule has 5 nitrogen and oxygen atoms in total. The summed E-state index contributed by atoms with van der Waals surface area (Å²) in [6.07, 6.45) is 1.48. The molecule has 0 spiro atoms. The lowest BCUT2D eigenvalue weighted by Crippen LogP contribution is -2.29. The molecule has 0 bridgehead atoms. The molecule has 0 aromatic carbocycles. The highest BCUT2D eigenvalue weighted by Gasteiger charge is 2.32. The van der Waals surface area contributed by atoms with Crippen LogP contribution in [0.2, 0.25) is 0 Å². The van der Waals surface area contributed by atoms with Gasteiger partial charge >= 0.3 is 5.97 Å². The fourth-order valence-corrected chi connectivity index (χ4v) is 1.44. The largest absolute Gasteiger partial charge is 0.481 e. The van der Waals surface area contributed by atoms with Crippen molar-refractivity contribution in [2.24, 2.45) is 11.8 Å². The zero-order chi connectivity index (χ0) is 12.3. The third kappa shape index (κ3) is 3.25. The molecular formula is C11H14O5. The van der Waals surface area contributed by atoms with Crippen LogP contribution in [0.25, 0.3) is 0 Å². The molecule has 0 aromatic rings. The molecule has 0 radical (unpaired) electrons. The van der Waals surface area contributed by atoms with E-state index in [4.69, 9.17) is 5.11 Å². The molecule has 0 unspecified atom stereocenters. The highest BCUT2D eigenvalue weighted by atomic mass is 16.4. The van der Waals surface area contributed by atoms with E-state index in [2.05, 4.69) is 0 Å². The van der Waals surface area contributed by atoms with Gasteiger partial charge in [-0.25, -0.2) is 0 Å². The molecule has 0 aliphatic heterocycles. The molecule has 2 aliphatic carbocycles. The number of carbonyl (C=O) groups excluding carboxylic acids is 3. The number of carbonyl (C=O) groups is 4. The van der Waals surface area contributed by atoms with Crippen LogP contribution >= 0.6 is 0 Å². The predicted molar refractivity (Wildman–Crippen MR) is 53.8 cm³/mol. The van der Waals surface area contributed by atoms with E-state index in [1.807, 2.05) is 0 Å². The topological polar surface area (TPSA) is 88.5 Å². The van der Waals surface area contributed by atoms with Crippen LogP contribution in [0.3, 0.4) is 0 Å². The summed E-state index contributed by atoms with van der Waals surface area (Å²) in [5, 5.41) is 8.20. The smallest absolute Gasteiger partial charge is 0.307 e. The molecule has 0 aromatic heterocycles. The van der Waals surface area contributed by atoms with Gasteiger partial charge in [-0.15, -0.1) is 0 Å². The van der Waals surface area contributed by atoms with Gasteiger partial charge in [0.05, 0.1) is 5.92 Å². The Hall–Kier alpha value is -1.52. The number of Topliss-reactive ketones (excluding diaryl/α,β-unsaturated/α-hetero) is 3. The van der Waals surface area contributed by atoms with E-state index in [9.17, 15) is 19.2 Å². The molecule has 16 heavy (non-hydrogen) atoms. The first-order valence-electron chi connectivity index (χ1n) is 5.16. The molecule has 2 aliphatic rings. The Labute approximate surface area is 92.8 Å². The molecule has 2 fully saturated rings. The van der Waals surface area contributed by atoms with Crippen LogP contribution in [-0.2, 0) is 19.2 Å². The van der Waals surface area contributed by atoms with Crippen LogP contribution in [0.4, 0.5) is 0 Å². The van der Waals surface area contributed by atoms with Crippen LogP contribution in [0.1, 0.15) is 32.6 Å². The molecule has 0 amide bonds. The van der Waals surface area contributed by atoms with Gasteiger partial charge in [-0.05, 0) is 6.92 Å². The van der Waals surface area contributed by atoms with E-state index in [0.29, 0.717) is 12.8 Å². The summed E-state index contributed by atoms with van der Waals surface area (Å²) < 4.78 is 0. The van der Waals surface area contributed by atoms with Crippen molar-refractivity contribution in [1.29, 1.82) is 0 Å². The molecule has 5 heteroatoms. The number of hydrogen-bond acceptors (Lipinski definition) is 4. The van der Waals surface area contributed by atoms with Crippen molar-refractivity contribution >= 4 is 23.3 Å². The lowest BCUT2D eigenvalue weighted by Gasteiger charge is -2.20. The Kier molecular flexibility index (Phi) is 3.93. The third-order valence-corrected chi connectivity index (χ3v) is 2.82. The number of carboxylic acid groups (broad SMARTS) is 1. The van der Waals surface area contributed by atoms with Gasteiger partial charge in [-0.3, -0.25) is 19.2 Å². The van der Waals surface area contributed by atoms with Gasteiger partial charge in [-0.1, -0.05) is 0 Å². The van der Waals surface area contributed by atoms with Crippen molar-refractivity contribution in [2.45, 2.75) is 32.6 Å². The maximum atomic E-state index is 10.4. The zero-order valence-electron chi connectivity index (χ0n) is 9.06. The number of hydrogen-bond donors (Lipinski definition) is 1. The van der Waals surface area contributed by atoms with Crippen molar-refractivity contribution in [3.63, 3.8) is 0 Å². The SMILES string of the molecule is CC(=O)C1CC(=O)C1.O=C1CC(C(=O)O)C1. The monoisotopic (exact) mass is 226 g/mol. The van der Waals surface area contributed by atoms with Gasteiger partial charge in [0.1, 0.15) is 17.3 Å². The third-order valence-electron chi connectivity index (χ3n) is 2.82. The lowest BCUT2D eigenvalue weighted by molar-refractivity contribution is -0.149. The minimum Gasteiger partial charge on any atom is -0.481 e. The molecule has 0 saturated heterocycles. The molecule has 2 saturated carbocycles. The maximum Gasteiger partial charge on any atom is 0.307 e. The van der Waals surface area contributed by atoms with Crippen molar-refractivity contribution in [3.05, 3.63) is 0 Å². The molecular weight excluding hydrogens is 212 g/mol. The van der Waals surface area contributed by atoms with Crippen molar-refractivity contribution in [2.75, 3.05) is 0 Å². The van der Waals surface area contributed by atoms with Crippen molar-refractivity contribution in [3.8, 4) is 0 Å². The van der Waals surface area contributed by atoms with E-state index < -0.39 is 5.97 Å². The van der Waals surface area contributed by atoms with Gasteiger partial charge in [0, 0.05) is 31.6 Å². The normalized spacial score (nSPS) is 20.3. The van der Waals surface area contributed by atoms with E-state index >= 15 is 0 Å². The first-order valence-corrected chi connectivity index (χ1v) is 5.16. The quantitative estimate of drug-likeness (QED) is 0.745. The highest BCUT2D eigenvalue weighted by molar-refractivity contribution is 5.96. The first kappa shape index (κ1) is 12.5. The average Bonchev–Trinajstić information content (AvgIpc) is 2.08. The lowest BCUT2D eigenvalue weighted by atomic mass is 9.81. The minimum atomic E-state index is -0.843. The number of ketones is 3. The van der Waals surface area contributed by atoms with Crippen LogP contribution in [0.5, 0.6) is 0 Å². The van der Waals surface area contributed by atoms with E-state index in [1.54, 1.807) is 0 Å². The average molecular weight is 226 g/mol. The summed E-state index contributed by atoms with van der Waals surface area (Å²) in [6, 6.07) is 0. The van der Waals surface area contributed by atoms with Crippen LogP contribution in [0.15, 0.2) is 0 Å². The second-order valence-electron chi connectivity index (χ2n) is 4.24. The second kappa shape index (κ2) is 5.01. The Morgan fingerprint density at radius 1 is 1.00 bits per heavy atom. The molecule has 88 valence electrons. The summed E-state index contributed by atoms with van der Waals surface area (Å²) in [7, 11) is 0. The first-order chi connectivity index (χ1) is 7.40. The van der Waals surface area contributed by atoms with E-state index in [0.717, 1.165) is 0 Å². The Morgan fingerprint density at radius 3 is 1.50 bits per heavy atom.